The summed E-state index contributed by atoms with van der Waals surface area (Å²) in [6.07, 6.45) is 0.291. The maximum absolute atomic E-state index is 12.6. The smallest absolute Gasteiger partial charge is 0.411 e. The van der Waals surface area contributed by atoms with E-state index in [2.05, 4.69) is 0 Å². The van der Waals surface area contributed by atoms with E-state index < -0.39 is 15.9 Å². The van der Waals surface area contributed by atoms with Gasteiger partial charge in [0.25, 0.3) is 0 Å². The van der Waals surface area contributed by atoms with Gasteiger partial charge in [-0.25, -0.2) is 13.2 Å². The molecular weight excluding hydrogens is 392 g/mol. The van der Waals surface area contributed by atoms with Crippen LogP contribution in [0, 0.1) is 0 Å². The van der Waals surface area contributed by atoms with Gasteiger partial charge in [-0.15, -0.1) is 0 Å². The number of hydrogen-bond acceptors (Lipinski definition) is 4. The lowest BCUT2D eigenvalue weighted by Crippen LogP contribution is -2.51. The minimum atomic E-state index is -3.32. The summed E-state index contributed by atoms with van der Waals surface area (Å²) in [5.74, 6) is -0.158. The second kappa shape index (κ2) is 6.88. The van der Waals surface area contributed by atoms with E-state index in [9.17, 15) is 23.1 Å². The van der Waals surface area contributed by atoms with Gasteiger partial charge in [0.15, 0.2) is 9.84 Å². The maximum Gasteiger partial charge on any atom is 0.411 e. The molecule has 8 heteroatoms. The number of hydrogen-bond donors (Lipinski definition) is 1. The molecule has 0 saturated heterocycles. The first-order valence-electron chi connectivity index (χ1n) is 9.49. The molecule has 1 atom stereocenters. The predicted molar refractivity (Wildman–Crippen MR) is 110 cm³/mol. The highest BCUT2D eigenvalue weighted by Gasteiger charge is 2.37. The zero-order valence-electron chi connectivity index (χ0n) is 16.2. The first kappa shape index (κ1) is 19.4. The number of sulfone groups is 1. The Morgan fingerprint density at radius 2 is 1.72 bits per heavy atom. The Kier molecular flexibility index (Phi) is 4.61. The van der Waals surface area contributed by atoms with E-state index in [0.29, 0.717) is 35.3 Å². The van der Waals surface area contributed by atoms with Gasteiger partial charge in [0.05, 0.1) is 27.6 Å². The molecule has 2 aromatic rings. The summed E-state index contributed by atoms with van der Waals surface area (Å²) in [6.45, 7) is 3.43. The van der Waals surface area contributed by atoms with Gasteiger partial charge in [0, 0.05) is 13.5 Å². The molecule has 2 aromatic carbocycles. The Balaban J connectivity index is 1.81. The Morgan fingerprint density at radius 1 is 1.03 bits per heavy atom. The topological polar surface area (TPSA) is 95.0 Å². The number of rotatable bonds is 3. The van der Waals surface area contributed by atoms with Crippen LogP contribution in [0.2, 0.25) is 0 Å². The highest BCUT2D eigenvalue weighted by Crippen LogP contribution is 2.40. The number of amides is 2. The fourth-order valence-corrected chi connectivity index (χ4v) is 5.59. The minimum absolute atomic E-state index is 0.158. The number of benzene rings is 2. The van der Waals surface area contributed by atoms with E-state index in [1.807, 2.05) is 0 Å². The molecule has 1 fully saturated rings. The van der Waals surface area contributed by atoms with Gasteiger partial charge in [-0.2, -0.15) is 0 Å². The third-order valence-electron chi connectivity index (χ3n) is 5.44. The molecule has 1 heterocycles. The molecule has 1 saturated carbocycles. The summed E-state index contributed by atoms with van der Waals surface area (Å²) in [5.41, 5.74) is 2.33. The van der Waals surface area contributed by atoms with Crippen molar-refractivity contribution in [1.82, 2.24) is 0 Å². The van der Waals surface area contributed by atoms with Crippen molar-refractivity contribution in [2.75, 3.05) is 16.3 Å². The SMILES string of the molecule is CC(=O)N1c2ccc(-c3cccc(S(=O)(=O)C4CC4)c3)cc2N(C(=O)O)C[C@@H]1C. The van der Waals surface area contributed by atoms with Crippen LogP contribution in [-0.2, 0) is 14.6 Å². The zero-order chi connectivity index (χ0) is 20.9. The van der Waals surface area contributed by atoms with E-state index in [1.165, 1.54) is 11.8 Å². The van der Waals surface area contributed by atoms with Crippen molar-refractivity contribution in [1.29, 1.82) is 0 Å². The van der Waals surface area contributed by atoms with Crippen molar-refractivity contribution >= 4 is 33.2 Å². The molecule has 1 aliphatic heterocycles. The van der Waals surface area contributed by atoms with Crippen LogP contribution in [-0.4, -0.2) is 43.4 Å². The second-order valence-corrected chi connectivity index (χ2v) is 9.84. The highest BCUT2D eigenvalue weighted by atomic mass is 32.2. The summed E-state index contributed by atoms with van der Waals surface area (Å²) >= 11 is 0. The number of nitrogens with zero attached hydrogens (tertiary/aromatic N) is 2. The third-order valence-corrected chi connectivity index (χ3v) is 7.70. The lowest BCUT2D eigenvalue weighted by molar-refractivity contribution is -0.117. The molecule has 1 N–H and O–H groups in total. The fourth-order valence-electron chi connectivity index (χ4n) is 3.89. The van der Waals surface area contributed by atoms with Gasteiger partial charge in [-0.1, -0.05) is 18.2 Å². The molecule has 7 nitrogen and oxygen atoms in total. The van der Waals surface area contributed by atoms with Crippen LogP contribution >= 0.6 is 0 Å². The molecule has 0 spiro atoms. The summed E-state index contributed by atoms with van der Waals surface area (Å²) in [4.78, 5) is 27.0. The van der Waals surface area contributed by atoms with E-state index in [0.717, 1.165) is 0 Å². The number of carbonyl (C=O) groups excluding carboxylic acids is 1. The minimum Gasteiger partial charge on any atom is -0.465 e. The van der Waals surface area contributed by atoms with Crippen molar-refractivity contribution in [2.45, 2.75) is 42.9 Å². The van der Waals surface area contributed by atoms with E-state index in [-0.39, 0.29) is 28.6 Å². The Hall–Kier alpha value is -2.87. The van der Waals surface area contributed by atoms with Gasteiger partial charge < -0.3 is 10.0 Å². The molecule has 2 amide bonds. The molecule has 0 bridgehead atoms. The van der Waals surface area contributed by atoms with Gasteiger partial charge >= 0.3 is 6.09 Å². The summed E-state index contributed by atoms with van der Waals surface area (Å²) in [5, 5.41) is 9.35. The predicted octanol–water partition coefficient (Wildman–Crippen LogP) is 3.53. The first-order valence-corrected chi connectivity index (χ1v) is 11.0. The molecule has 152 valence electrons. The summed E-state index contributed by atoms with van der Waals surface area (Å²) < 4.78 is 25.2. The average molecular weight is 414 g/mol. The Morgan fingerprint density at radius 3 is 2.34 bits per heavy atom. The number of carboxylic acid groups (broad SMARTS) is 1. The van der Waals surface area contributed by atoms with Gasteiger partial charge in [-0.05, 0) is 55.2 Å². The highest BCUT2D eigenvalue weighted by molar-refractivity contribution is 7.92. The van der Waals surface area contributed by atoms with Gasteiger partial charge in [-0.3, -0.25) is 9.69 Å². The van der Waals surface area contributed by atoms with Crippen molar-refractivity contribution in [2.24, 2.45) is 0 Å². The Bertz CT molecular complexity index is 1110. The largest absolute Gasteiger partial charge is 0.465 e. The molecule has 0 unspecified atom stereocenters. The van der Waals surface area contributed by atoms with Crippen LogP contribution in [0.25, 0.3) is 11.1 Å². The van der Waals surface area contributed by atoms with E-state index >= 15 is 0 Å². The molecule has 4 rings (SSSR count). The molecular formula is C21H22N2O5S. The molecule has 2 aliphatic rings. The quantitative estimate of drug-likeness (QED) is 0.829. The van der Waals surface area contributed by atoms with Crippen molar-refractivity contribution in [3.05, 3.63) is 42.5 Å². The van der Waals surface area contributed by atoms with Gasteiger partial charge in [0.1, 0.15) is 0 Å². The molecule has 0 radical (unpaired) electrons. The van der Waals surface area contributed by atoms with Crippen molar-refractivity contribution in [3.63, 3.8) is 0 Å². The number of fused-ring (bicyclic) bond motifs is 1. The molecule has 1 aliphatic carbocycles. The van der Waals surface area contributed by atoms with Gasteiger partial charge in [0.2, 0.25) is 5.91 Å². The average Bonchev–Trinajstić information content (AvgIpc) is 3.52. The van der Waals surface area contributed by atoms with Crippen LogP contribution in [0.5, 0.6) is 0 Å². The van der Waals surface area contributed by atoms with E-state index in [1.54, 1.807) is 54.3 Å². The number of carbonyl (C=O) groups is 2. The third kappa shape index (κ3) is 3.37. The van der Waals surface area contributed by atoms with Crippen LogP contribution < -0.4 is 9.80 Å². The fraction of sp³-hybridized carbons (Fsp3) is 0.333. The molecule has 29 heavy (non-hydrogen) atoms. The van der Waals surface area contributed by atoms with Crippen LogP contribution in [0.4, 0.5) is 16.2 Å². The maximum atomic E-state index is 12.6. The van der Waals surface area contributed by atoms with E-state index in [4.69, 9.17) is 0 Å². The monoisotopic (exact) mass is 414 g/mol. The first-order chi connectivity index (χ1) is 13.7. The summed E-state index contributed by atoms with van der Waals surface area (Å²) in [6, 6.07) is 11.7. The summed E-state index contributed by atoms with van der Waals surface area (Å²) in [7, 11) is -3.32. The zero-order valence-corrected chi connectivity index (χ0v) is 17.0. The van der Waals surface area contributed by atoms with Crippen molar-refractivity contribution < 1.29 is 23.1 Å². The van der Waals surface area contributed by atoms with Crippen LogP contribution in [0.1, 0.15) is 26.7 Å². The number of anilines is 2. The van der Waals surface area contributed by atoms with Crippen molar-refractivity contribution in [3.8, 4) is 11.1 Å². The lowest BCUT2D eigenvalue weighted by Gasteiger charge is -2.39. The Labute approximate surface area is 169 Å². The van der Waals surface area contributed by atoms with Crippen LogP contribution in [0.3, 0.4) is 0 Å². The standard InChI is InChI=1S/C21H22N2O5S/c1-13-12-22(21(25)26)20-11-16(6-9-19(20)23(13)14(2)24)15-4-3-5-18(10-15)29(27,28)17-7-8-17/h3-6,9-11,13,17H,7-8,12H2,1-2H3,(H,25,26)/t13-/m0/s1. The second-order valence-electron chi connectivity index (χ2n) is 7.61. The lowest BCUT2D eigenvalue weighted by atomic mass is 10.0. The normalized spacial score (nSPS) is 19.0. The van der Waals surface area contributed by atoms with Crippen LogP contribution in [0.15, 0.2) is 47.4 Å². The molecule has 0 aromatic heterocycles.